The first-order chi connectivity index (χ1) is 16.2. The summed E-state index contributed by atoms with van der Waals surface area (Å²) in [5.74, 6) is -0.964. The van der Waals surface area contributed by atoms with Crippen molar-refractivity contribution < 1.29 is 36.6 Å². The molecule has 2 aliphatic heterocycles. The molecule has 182 valence electrons. The molecule has 0 unspecified atom stereocenters. The Hall–Kier alpha value is -3.18. The number of nitrogens with zero attached hydrogens (tertiary/aromatic N) is 1. The van der Waals surface area contributed by atoms with Crippen molar-refractivity contribution in [2.24, 2.45) is 0 Å². The number of anilines is 1. The third kappa shape index (κ3) is 5.00. The van der Waals surface area contributed by atoms with Crippen molar-refractivity contribution in [2.45, 2.75) is 42.4 Å². The van der Waals surface area contributed by atoms with Crippen LogP contribution in [0.3, 0.4) is 0 Å². The number of ether oxygens (including phenoxy) is 3. The second kappa shape index (κ2) is 9.59. The Labute approximate surface area is 196 Å². The number of halogens is 1. The Morgan fingerprint density at radius 3 is 2.65 bits per heavy atom. The van der Waals surface area contributed by atoms with Gasteiger partial charge in [-0.15, -0.1) is 0 Å². The van der Waals surface area contributed by atoms with E-state index in [2.05, 4.69) is 4.72 Å². The van der Waals surface area contributed by atoms with Crippen LogP contribution in [0.2, 0.25) is 0 Å². The van der Waals surface area contributed by atoms with Crippen LogP contribution in [-0.4, -0.2) is 64.2 Å². The van der Waals surface area contributed by atoms with Crippen LogP contribution < -0.4 is 9.46 Å². The van der Waals surface area contributed by atoms with Gasteiger partial charge in [0.25, 0.3) is 15.9 Å². The van der Waals surface area contributed by atoms with Crippen molar-refractivity contribution in [1.29, 1.82) is 0 Å². The van der Waals surface area contributed by atoms with E-state index in [-0.39, 0.29) is 53.2 Å². The van der Waals surface area contributed by atoms with Gasteiger partial charge >= 0.3 is 5.97 Å². The van der Waals surface area contributed by atoms with E-state index in [0.717, 1.165) is 24.3 Å². The van der Waals surface area contributed by atoms with E-state index in [1.807, 2.05) is 0 Å². The van der Waals surface area contributed by atoms with Crippen LogP contribution in [-0.2, 0) is 24.3 Å². The zero-order chi connectivity index (χ0) is 24.5. The first kappa shape index (κ1) is 24.0. The van der Waals surface area contributed by atoms with Gasteiger partial charge in [-0.25, -0.2) is 12.8 Å². The lowest BCUT2D eigenvalue weighted by molar-refractivity contribution is -0.151. The lowest BCUT2D eigenvalue weighted by atomic mass is 9.94. The van der Waals surface area contributed by atoms with Gasteiger partial charge in [-0.3, -0.25) is 14.3 Å². The maximum atomic E-state index is 13.3. The summed E-state index contributed by atoms with van der Waals surface area (Å²) in [6.45, 7) is 0.160. The number of amides is 1. The van der Waals surface area contributed by atoms with Crippen LogP contribution in [0.4, 0.5) is 10.1 Å². The molecular weight excluding hydrogens is 467 g/mol. The molecule has 9 nitrogen and oxygen atoms in total. The summed E-state index contributed by atoms with van der Waals surface area (Å²) in [5, 5.41) is 0. The summed E-state index contributed by atoms with van der Waals surface area (Å²) in [4.78, 5) is 26.3. The number of benzene rings is 2. The average molecular weight is 493 g/mol. The number of fused-ring (bicyclic) bond motifs is 2. The third-order valence-electron chi connectivity index (χ3n) is 6.01. The molecule has 1 amide bonds. The Balaban J connectivity index is 1.55. The molecule has 1 N–H and O–H groups in total. The van der Waals surface area contributed by atoms with Crippen molar-refractivity contribution in [3.8, 4) is 5.75 Å². The molecule has 2 aliphatic rings. The highest BCUT2D eigenvalue weighted by Gasteiger charge is 2.39. The number of hydrogen-bond donors (Lipinski definition) is 1. The number of esters is 1. The lowest BCUT2D eigenvalue weighted by Crippen LogP contribution is -2.53. The van der Waals surface area contributed by atoms with Crippen molar-refractivity contribution in [3.63, 3.8) is 0 Å². The SMILES string of the molecule is COC(=O)C[C@@H]1CC[C@@H]2[C@@H](COc3ccc(NS(=O)(=O)c4ccc(F)cc4)cc3C(=O)N2C)O1. The standard InChI is InChI=1S/C23H25FN2O7S/c1-26-19-9-6-16(12-22(27)31-2)33-21(19)13-32-20-10-5-15(11-18(20)23(26)28)25-34(29,30)17-7-3-14(24)4-8-17/h3-5,7-8,10-11,16,19,21,25H,6,9,12-13H2,1-2H3/t16-,19+,21+/m0/s1. The fourth-order valence-corrected chi connectivity index (χ4v) is 5.24. The van der Waals surface area contributed by atoms with E-state index in [1.54, 1.807) is 11.9 Å². The second-order valence-electron chi connectivity index (χ2n) is 8.22. The molecule has 1 saturated heterocycles. The van der Waals surface area contributed by atoms with Crippen molar-refractivity contribution in [1.82, 2.24) is 4.90 Å². The second-order valence-corrected chi connectivity index (χ2v) is 9.90. The van der Waals surface area contributed by atoms with Gasteiger partial charge in [-0.05, 0) is 55.3 Å². The number of nitrogens with one attached hydrogen (secondary N) is 1. The van der Waals surface area contributed by atoms with Crippen molar-refractivity contribution in [2.75, 3.05) is 25.5 Å². The fourth-order valence-electron chi connectivity index (χ4n) is 4.19. The molecule has 0 bridgehead atoms. The smallest absolute Gasteiger partial charge is 0.308 e. The van der Waals surface area contributed by atoms with E-state index in [1.165, 1.54) is 25.3 Å². The predicted molar refractivity (Wildman–Crippen MR) is 120 cm³/mol. The normalized spacial score (nSPS) is 22.5. The van der Waals surface area contributed by atoms with Gasteiger partial charge in [0.1, 0.15) is 24.3 Å². The van der Waals surface area contributed by atoms with Gasteiger partial charge in [-0.1, -0.05) is 0 Å². The van der Waals surface area contributed by atoms with E-state index >= 15 is 0 Å². The average Bonchev–Trinajstić information content (AvgIpc) is 2.81. The van der Waals surface area contributed by atoms with Crippen LogP contribution in [0.5, 0.6) is 5.75 Å². The number of rotatable bonds is 5. The van der Waals surface area contributed by atoms with E-state index in [9.17, 15) is 22.4 Å². The van der Waals surface area contributed by atoms with Crippen molar-refractivity contribution in [3.05, 3.63) is 53.8 Å². The number of sulfonamides is 1. The molecule has 34 heavy (non-hydrogen) atoms. The molecule has 0 spiro atoms. The van der Waals surface area contributed by atoms with Crippen LogP contribution in [0.25, 0.3) is 0 Å². The summed E-state index contributed by atoms with van der Waals surface area (Å²) in [6, 6.07) is 8.56. The van der Waals surface area contributed by atoms with Crippen LogP contribution in [0.15, 0.2) is 47.4 Å². The van der Waals surface area contributed by atoms with E-state index in [0.29, 0.717) is 18.6 Å². The number of methoxy groups -OCH3 is 1. The van der Waals surface area contributed by atoms with E-state index < -0.39 is 21.9 Å². The monoisotopic (exact) mass is 492 g/mol. The zero-order valence-electron chi connectivity index (χ0n) is 18.7. The first-order valence-electron chi connectivity index (χ1n) is 10.7. The Bertz CT molecular complexity index is 1190. The molecule has 2 heterocycles. The molecule has 11 heteroatoms. The quantitative estimate of drug-likeness (QED) is 0.639. The zero-order valence-corrected chi connectivity index (χ0v) is 19.5. The minimum atomic E-state index is -3.98. The van der Waals surface area contributed by atoms with Gasteiger partial charge in [0.2, 0.25) is 0 Å². The van der Waals surface area contributed by atoms with Crippen molar-refractivity contribution >= 4 is 27.6 Å². The molecule has 0 radical (unpaired) electrons. The third-order valence-corrected chi connectivity index (χ3v) is 7.41. The molecule has 1 fully saturated rings. The minimum absolute atomic E-state index is 0.107. The minimum Gasteiger partial charge on any atom is -0.490 e. The predicted octanol–water partition coefficient (Wildman–Crippen LogP) is 2.57. The van der Waals surface area contributed by atoms with Gasteiger partial charge < -0.3 is 19.1 Å². The maximum absolute atomic E-state index is 13.3. The van der Waals surface area contributed by atoms with Gasteiger partial charge in [0, 0.05) is 12.7 Å². The molecule has 3 atom stereocenters. The Morgan fingerprint density at radius 2 is 1.94 bits per heavy atom. The maximum Gasteiger partial charge on any atom is 0.308 e. The van der Waals surface area contributed by atoms with Crippen LogP contribution in [0, 0.1) is 5.82 Å². The van der Waals surface area contributed by atoms with Crippen LogP contribution in [0.1, 0.15) is 29.6 Å². The highest BCUT2D eigenvalue weighted by Crippen LogP contribution is 2.33. The summed E-state index contributed by atoms with van der Waals surface area (Å²) in [7, 11) is -0.997. The summed E-state index contributed by atoms with van der Waals surface area (Å²) in [6.07, 6.45) is 0.582. The molecular formula is C23H25FN2O7S. The van der Waals surface area contributed by atoms with Gasteiger partial charge in [0.15, 0.2) is 0 Å². The van der Waals surface area contributed by atoms with Gasteiger partial charge in [-0.2, -0.15) is 0 Å². The highest BCUT2D eigenvalue weighted by atomic mass is 32.2. The number of carbonyl (C=O) groups excluding carboxylic acids is 2. The molecule has 4 rings (SSSR count). The molecule has 2 aromatic rings. The highest BCUT2D eigenvalue weighted by molar-refractivity contribution is 7.92. The number of hydrogen-bond acceptors (Lipinski definition) is 7. The first-order valence-corrected chi connectivity index (χ1v) is 12.2. The van der Waals surface area contributed by atoms with E-state index in [4.69, 9.17) is 14.2 Å². The Morgan fingerprint density at radius 1 is 1.21 bits per heavy atom. The summed E-state index contributed by atoms with van der Waals surface area (Å²) in [5.41, 5.74) is 0.375. The fraction of sp³-hybridized carbons (Fsp3) is 0.391. The lowest BCUT2D eigenvalue weighted by Gasteiger charge is -2.42. The summed E-state index contributed by atoms with van der Waals surface area (Å²) >= 11 is 0. The largest absolute Gasteiger partial charge is 0.490 e. The molecule has 0 saturated carbocycles. The topological polar surface area (TPSA) is 111 Å². The Kier molecular flexibility index (Phi) is 6.76. The van der Waals surface area contributed by atoms with Crippen LogP contribution >= 0.6 is 0 Å². The molecule has 0 aliphatic carbocycles. The summed E-state index contributed by atoms with van der Waals surface area (Å²) < 4.78 is 57.5. The number of likely N-dealkylation sites (N-methyl/N-ethyl adjacent to an activating group) is 1. The molecule has 0 aromatic heterocycles. The number of carbonyl (C=O) groups is 2. The van der Waals surface area contributed by atoms with Gasteiger partial charge in [0.05, 0.1) is 36.1 Å². The molecule has 2 aromatic carbocycles.